The summed E-state index contributed by atoms with van der Waals surface area (Å²) in [5.41, 5.74) is 7.24. The standard InChI is InChI=1S/C16H22Cl3N/c17-12-10-14(18)13(15(19)11-12)4-7-16(8-9-20)5-2-1-3-6-16/h10-11H,1-9,20H2. The first-order valence-corrected chi connectivity index (χ1v) is 8.53. The molecule has 0 amide bonds. The van der Waals surface area contributed by atoms with Crippen LogP contribution in [0.3, 0.4) is 0 Å². The maximum atomic E-state index is 6.28. The zero-order chi connectivity index (χ0) is 14.6. The number of hydrogen-bond donors (Lipinski definition) is 1. The van der Waals surface area contributed by atoms with Crippen LogP contribution < -0.4 is 5.73 Å². The summed E-state index contributed by atoms with van der Waals surface area (Å²) in [6, 6.07) is 3.56. The van der Waals surface area contributed by atoms with Crippen LogP contribution >= 0.6 is 34.8 Å². The third kappa shape index (κ3) is 4.04. The number of rotatable bonds is 5. The van der Waals surface area contributed by atoms with E-state index >= 15 is 0 Å². The molecular formula is C16H22Cl3N. The molecule has 2 rings (SSSR count). The Balaban J connectivity index is 2.09. The Bertz CT molecular complexity index is 425. The van der Waals surface area contributed by atoms with Crippen LogP contribution in [0.25, 0.3) is 0 Å². The van der Waals surface area contributed by atoms with Gasteiger partial charge in [0.05, 0.1) is 0 Å². The average molecular weight is 335 g/mol. The molecule has 0 saturated heterocycles. The zero-order valence-electron chi connectivity index (χ0n) is 11.7. The van der Waals surface area contributed by atoms with Gasteiger partial charge in [-0.1, -0.05) is 54.1 Å². The summed E-state index contributed by atoms with van der Waals surface area (Å²) < 4.78 is 0. The minimum Gasteiger partial charge on any atom is -0.330 e. The number of hydrogen-bond acceptors (Lipinski definition) is 1. The van der Waals surface area contributed by atoms with E-state index in [1.165, 1.54) is 32.1 Å². The first-order valence-electron chi connectivity index (χ1n) is 7.40. The van der Waals surface area contributed by atoms with Gasteiger partial charge in [0.1, 0.15) is 0 Å². The summed E-state index contributed by atoms with van der Waals surface area (Å²) in [4.78, 5) is 0. The highest BCUT2D eigenvalue weighted by Crippen LogP contribution is 2.43. The summed E-state index contributed by atoms with van der Waals surface area (Å²) >= 11 is 18.5. The van der Waals surface area contributed by atoms with Gasteiger partial charge >= 0.3 is 0 Å². The van der Waals surface area contributed by atoms with Gasteiger partial charge in [0.15, 0.2) is 0 Å². The molecule has 1 aromatic rings. The molecule has 0 aliphatic heterocycles. The highest BCUT2D eigenvalue weighted by Gasteiger charge is 2.31. The summed E-state index contributed by atoms with van der Waals surface area (Å²) in [5, 5.41) is 1.96. The maximum absolute atomic E-state index is 6.28. The van der Waals surface area contributed by atoms with Crippen LogP contribution in [0.1, 0.15) is 50.5 Å². The summed E-state index contributed by atoms with van der Waals surface area (Å²) in [5.74, 6) is 0. The Morgan fingerprint density at radius 3 is 2.10 bits per heavy atom. The van der Waals surface area contributed by atoms with Crippen LogP contribution in [0, 0.1) is 5.41 Å². The van der Waals surface area contributed by atoms with Gasteiger partial charge in [-0.25, -0.2) is 0 Å². The van der Waals surface area contributed by atoms with Crippen molar-refractivity contribution in [1.29, 1.82) is 0 Å². The molecular weight excluding hydrogens is 313 g/mol. The summed E-state index contributed by atoms with van der Waals surface area (Å²) in [7, 11) is 0. The van der Waals surface area contributed by atoms with Crippen molar-refractivity contribution in [3.05, 3.63) is 32.8 Å². The van der Waals surface area contributed by atoms with E-state index in [1.807, 2.05) is 0 Å². The third-order valence-corrected chi connectivity index (χ3v) is 5.49. The van der Waals surface area contributed by atoms with E-state index in [0.717, 1.165) is 31.4 Å². The molecule has 0 heterocycles. The van der Waals surface area contributed by atoms with Crippen LogP contribution in [-0.4, -0.2) is 6.54 Å². The van der Waals surface area contributed by atoms with Crippen LogP contribution in [0.5, 0.6) is 0 Å². The Morgan fingerprint density at radius 2 is 1.55 bits per heavy atom. The Morgan fingerprint density at radius 1 is 0.950 bits per heavy atom. The lowest BCUT2D eigenvalue weighted by molar-refractivity contribution is 0.161. The van der Waals surface area contributed by atoms with E-state index in [9.17, 15) is 0 Å². The second-order valence-electron chi connectivity index (χ2n) is 5.95. The Kier molecular flexibility index (Phi) is 6.04. The SMILES string of the molecule is NCCC1(CCc2c(Cl)cc(Cl)cc2Cl)CCCCC1. The second-order valence-corrected chi connectivity index (χ2v) is 7.20. The molecule has 0 bridgehead atoms. The first kappa shape index (κ1) is 16.4. The Hall–Kier alpha value is 0.0500. The van der Waals surface area contributed by atoms with Crippen molar-refractivity contribution in [2.75, 3.05) is 6.54 Å². The zero-order valence-corrected chi connectivity index (χ0v) is 14.0. The molecule has 0 spiro atoms. The van der Waals surface area contributed by atoms with Crippen molar-refractivity contribution < 1.29 is 0 Å². The summed E-state index contributed by atoms with van der Waals surface area (Å²) in [6.45, 7) is 0.766. The van der Waals surface area contributed by atoms with E-state index in [0.29, 0.717) is 20.5 Å². The topological polar surface area (TPSA) is 26.0 Å². The second kappa shape index (κ2) is 7.35. The van der Waals surface area contributed by atoms with Crippen molar-refractivity contribution in [3.63, 3.8) is 0 Å². The lowest BCUT2D eigenvalue weighted by Gasteiger charge is -2.37. The van der Waals surface area contributed by atoms with Crippen molar-refractivity contribution in [3.8, 4) is 0 Å². The highest BCUT2D eigenvalue weighted by molar-refractivity contribution is 6.39. The maximum Gasteiger partial charge on any atom is 0.0467 e. The smallest absolute Gasteiger partial charge is 0.0467 e. The molecule has 2 N–H and O–H groups in total. The normalized spacial score (nSPS) is 18.2. The molecule has 0 radical (unpaired) electrons. The molecule has 20 heavy (non-hydrogen) atoms. The van der Waals surface area contributed by atoms with Gasteiger partial charge in [-0.2, -0.15) is 0 Å². The van der Waals surface area contributed by atoms with Gasteiger partial charge in [-0.05, 0) is 61.8 Å². The molecule has 1 fully saturated rings. The molecule has 1 saturated carbocycles. The Labute approximate surface area is 136 Å². The van der Waals surface area contributed by atoms with Gasteiger partial charge in [0.25, 0.3) is 0 Å². The van der Waals surface area contributed by atoms with Crippen molar-refractivity contribution >= 4 is 34.8 Å². The number of benzene rings is 1. The fraction of sp³-hybridized carbons (Fsp3) is 0.625. The van der Waals surface area contributed by atoms with Crippen LogP contribution in [0.2, 0.25) is 15.1 Å². The van der Waals surface area contributed by atoms with Gasteiger partial charge in [0, 0.05) is 15.1 Å². The van der Waals surface area contributed by atoms with Gasteiger partial charge in [-0.3, -0.25) is 0 Å². The van der Waals surface area contributed by atoms with E-state index < -0.39 is 0 Å². The van der Waals surface area contributed by atoms with E-state index in [-0.39, 0.29) is 0 Å². The quantitative estimate of drug-likeness (QED) is 0.715. The predicted octanol–water partition coefficient (Wildman–Crippen LogP) is 5.88. The first-order chi connectivity index (χ1) is 9.56. The average Bonchev–Trinajstić information content (AvgIpc) is 2.39. The largest absolute Gasteiger partial charge is 0.330 e. The van der Waals surface area contributed by atoms with Crippen LogP contribution in [0.15, 0.2) is 12.1 Å². The molecule has 1 aromatic carbocycles. The number of halogens is 3. The van der Waals surface area contributed by atoms with Gasteiger partial charge in [0.2, 0.25) is 0 Å². The van der Waals surface area contributed by atoms with Crippen molar-refractivity contribution in [1.82, 2.24) is 0 Å². The van der Waals surface area contributed by atoms with Crippen LogP contribution in [0.4, 0.5) is 0 Å². The predicted molar refractivity (Wildman–Crippen MR) is 89.0 cm³/mol. The highest BCUT2D eigenvalue weighted by atomic mass is 35.5. The molecule has 1 nitrogen and oxygen atoms in total. The van der Waals surface area contributed by atoms with Gasteiger partial charge in [-0.15, -0.1) is 0 Å². The van der Waals surface area contributed by atoms with Crippen molar-refractivity contribution in [2.24, 2.45) is 11.1 Å². The van der Waals surface area contributed by atoms with E-state index in [2.05, 4.69) is 0 Å². The van der Waals surface area contributed by atoms with E-state index in [4.69, 9.17) is 40.5 Å². The van der Waals surface area contributed by atoms with Gasteiger partial charge < -0.3 is 5.73 Å². The minimum absolute atomic E-state index is 0.388. The lowest BCUT2D eigenvalue weighted by Crippen LogP contribution is -2.28. The van der Waals surface area contributed by atoms with Crippen LogP contribution in [-0.2, 0) is 6.42 Å². The molecule has 0 aromatic heterocycles. The fourth-order valence-electron chi connectivity index (χ4n) is 3.43. The molecule has 1 aliphatic rings. The summed E-state index contributed by atoms with van der Waals surface area (Å²) in [6.07, 6.45) is 9.70. The minimum atomic E-state index is 0.388. The fourth-order valence-corrected chi connectivity index (χ4v) is 4.44. The molecule has 4 heteroatoms. The van der Waals surface area contributed by atoms with Crippen molar-refractivity contribution in [2.45, 2.75) is 51.4 Å². The molecule has 0 atom stereocenters. The third-order valence-electron chi connectivity index (χ3n) is 4.60. The molecule has 1 aliphatic carbocycles. The molecule has 112 valence electrons. The monoisotopic (exact) mass is 333 g/mol. The number of nitrogens with two attached hydrogens (primary N) is 1. The molecule has 0 unspecified atom stereocenters. The van der Waals surface area contributed by atoms with E-state index in [1.54, 1.807) is 12.1 Å². The lowest BCUT2D eigenvalue weighted by atomic mass is 9.68.